The number of rotatable bonds is 0. The van der Waals surface area contributed by atoms with Crippen LogP contribution in [0.2, 0.25) is 0 Å². The summed E-state index contributed by atoms with van der Waals surface area (Å²) < 4.78 is 1.24. The van der Waals surface area contributed by atoms with Crippen LogP contribution in [0.15, 0.2) is 28.2 Å². The Hall–Kier alpha value is -0.560. The second-order valence-electron chi connectivity index (χ2n) is 3.35. The molecular formula is C11H11Br. The van der Waals surface area contributed by atoms with Crippen LogP contribution in [-0.4, -0.2) is 0 Å². The molecule has 0 radical (unpaired) electrons. The summed E-state index contributed by atoms with van der Waals surface area (Å²) in [6, 6.07) is 6.37. The maximum atomic E-state index is 3.58. The van der Waals surface area contributed by atoms with Crippen molar-refractivity contribution < 1.29 is 0 Å². The Morgan fingerprint density at radius 2 is 2.08 bits per heavy atom. The standard InChI is InChI=1S/C11H11Br/c1-7-6-9-4-3-5-10(12)11(9)8(7)2/h3-6,8H,1-2H3. The minimum Gasteiger partial charge on any atom is -0.0654 e. The van der Waals surface area contributed by atoms with Gasteiger partial charge in [0.2, 0.25) is 0 Å². The van der Waals surface area contributed by atoms with Crippen molar-refractivity contribution >= 4 is 22.0 Å². The summed E-state index contributed by atoms with van der Waals surface area (Å²) in [6.07, 6.45) is 2.27. The molecule has 0 saturated carbocycles. The number of hydrogen-bond acceptors (Lipinski definition) is 0. The number of benzene rings is 1. The van der Waals surface area contributed by atoms with Crippen molar-refractivity contribution in [1.29, 1.82) is 0 Å². The van der Waals surface area contributed by atoms with Crippen LogP contribution in [0, 0.1) is 0 Å². The lowest BCUT2D eigenvalue weighted by atomic mass is 9.99. The van der Waals surface area contributed by atoms with Crippen molar-refractivity contribution in [3.8, 4) is 0 Å². The number of hydrogen-bond donors (Lipinski definition) is 0. The average Bonchev–Trinajstić information content (AvgIpc) is 2.29. The van der Waals surface area contributed by atoms with Crippen molar-refractivity contribution in [2.45, 2.75) is 19.8 Å². The van der Waals surface area contributed by atoms with Crippen molar-refractivity contribution in [1.82, 2.24) is 0 Å². The van der Waals surface area contributed by atoms with Crippen LogP contribution >= 0.6 is 15.9 Å². The van der Waals surface area contributed by atoms with Gasteiger partial charge in [-0.3, -0.25) is 0 Å². The predicted octanol–water partition coefficient (Wildman–Crippen LogP) is 3.97. The van der Waals surface area contributed by atoms with E-state index in [9.17, 15) is 0 Å². The highest BCUT2D eigenvalue weighted by atomic mass is 79.9. The van der Waals surface area contributed by atoms with Crippen LogP contribution in [0.4, 0.5) is 0 Å². The molecule has 1 aliphatic rings. The first-order valence-corrected chi connectivity index (χ1v) is 4.96. The molecule has 2 rings (SSSR count). The summed E-state index contributed by atoms with van der Waals surface area (Å²) in [5, 5.41) is 0. The van der Waals surface area contributed by atoms with Gasteiger partial charge in [-0.15, -0.1) is 0 Å². The van der Waals surface area contributed by atoms with E-state index in [1.54, 1.807) is 0 Å². The molecule has 0 saturated heterocycles. The SMILES string of the molecule is CC1=Cc2cccc(Br)c2C1C. The molecule has 0 aliphatic heterocycles. The van der Waals surface area contributed by atoms with Crippen LogP contribution in [0.1, 0.15) is 30.9 Å². The molecule has 1 heteroatoms. The molecule has 62 valence electrons. The molecule has 0 nitrogen and oxygen atoms in total. The number of halogens is 1. The fraction of sp³-hybridized carbons (Fsp3) is 0.273. The first-order chi connectivity index (χ1) is 5.70. The summed E-state index contributed by atoms with van der Waals surface area (Å²) >= 11 is 3.58. The van der Waals surface area contributed by atoms with E-state index in [0.717, 1.165) is 0 Å². The lowest BCUT2D eigenvalue weighted by Gasteiger charge is -2.09. The molecule has 1 aromatic rings. The highest BCUT2D eigenvalue weighted by molar-refractivity contribution is 9.10. The van der Waals surface area contributed by atoms with Gasteiger partial charge in [0.15, 0.2) is 0 Å². The molecule has 0 aromatic heterocycles. The largest absolute Gasteiger partial charge is 0.0654 e. The molecule has 0 heterocycles. The van der Waals surface area contributed by atoms with Gasteiger partial charge in [0.05, 0.1) is 0 Å². The van der Waals surface area contributed by atoms with Crippen LogP contribution in [-0.2, 0) is 0 Å². The smallest absolute Gasteiger partial charge is 0.0219 e. The third kappa shape index (κ3) is 1.04. The molecule has 0 N–H and O–H groups in total. The average molecular weight is 223 g/mol. The maximum absolute atomic E-state index is 3.58. The van der Waals surface area contributed by atoms with Crippen LogP contribution < -0.4 is 0 Å². The zero-order valence-electron chi connectivity index (χ0n) is 7.26. The van der Waals surface area contributed by atoms with Crippen LogP contribution in [0.5, 0.6) is 0 Å². The quantitative estimate of drug-likeness (QED) is 0.624. The summed E-state index contributed by atoms with van der Waals surface area (Å²) in [7, 11) is 0. The summed E-state index contributed by atoms with van der Waals surface area (Å²) in [5.41, 5.74) is 4.27. The van der Waals surface area contributed by atoms with Crippen molar-refractivity contribution in [3.05, 3.63) is 39.4 Å². The van der Waals surface area contributed by atoms with E-state index in [1.807, 2.05) is 0 Å². The lowest BCUT2D eigenvalue weighted by Crippen LogP contribution is -1.91. The van der Waals surface area contributed by atoms with E-state index >= 15 is 0 Å². The molecule has 1 atom stereocenters. The van der Waals surface area contributed by atoms with E-state index < -0.39 is 0 Å². The molecule has 1 aliphatic carbocycles. The molecule has 0 bridgehead atoms. The molecule has 0 spiro atoms. The van der Waals surface area contributed by atoms with E-state index in [2.05, 4.69) is 54.1 Å². The van der Waals surface area contributed by atoms with Gasteiger partial charge in [-0.1, -0.05) is 46.6 Å². The Morgan fingerprint density at radius 1 is 1.33 bits per heavy atom. The zero-order valence-corrected chi connectivity index (χ0v) is 8.85. The third-order valence-electron chi connectivity index (χ3n) is 2.59. The summed E-state index contributed by atoms with van der Waals surface area (Å²) in [4.78, 5) is 0. The Bertz CT molecular complexity index is 350. The van der Waals surface area contributed by atoms with Gasteiger partial charge < -0.3 is 0 Å². The van der Waals surface area contributed by atoms with Crippen LogP contribution in [0.25, 0.3) is 6.08 Å². The zero-order chi connectivity index (χ0) is 8.72. The lowest BCUT2D eigenvalue weighted by molar-refractivity contribution is 0.915. The van der Waals surface area contributed by atoms with Gasteiger partial charge in [-0.2, -0.15) is 0 Å². The first-order valence-electron chi connectivity index (χ1n) is 4.17. The monoisotopic (exact) mass is 222 g/mol. The maximum Gasteiger partial charge on any atom is 0.0219 e. The van der Waals surface area contributed by atoms with E-state index in [4.69, 9.17) is 0 Å². The minimum atomic E-state index is 0.579. The minimum absolute atomic E-state index is 0.579. The molecule has 0 amide bonds. The topological polar surface area (TPSA) is 0 Å². The normalized spacial score (nSPS) is 20.6. The molecular weight excluding hydrogens is 212 g/mol. The second-order valence-corrected chi connectivity index (χ2v) is 4.21. The third-order valence-corrected chi connectivity index (χ3v) is 3.28. The molecule has 1 aromatic carbocycles. The van der Waals surface area contributed by atoms with E-state index in [-0.39, 0.29) is 0 Å². The van der Waals surface area contributed by atoms with E-state index in [0.29, 0.717) is 5.92 Å². The Balaban J connectivity index is 2.63. The van der Waals surface area contributed by atoms with Gasteiger partial charge in [0, 0.05) is 10.4 Å². The van der Waals surface area contributed by atoms with Crippen molar-refractivity contribution in [3.63, 3.8) is 0 Å². The number of fused-ring (bicyclic) bond motifs is 1. The predicted molar refractivity (Wildman–Crippen MR) is 56.2 cm³/mol. The Labute approximate surface area is 81.4 Å². The number of allylic oxidation sites excluding steroid dienone is 1. The van der Waals surface area contributed by atoms with Gasteiger partial charge in [-0.05, 0) is 24.1 Å². The van der Waals surface area contributed by atoms with Crippen molar-refractivity contribution in [2.24, 2.45) is 0 Å². The fourth-order valence-corrected chi connectivity index (χ4v) is 2.46. The second kappa shape index (κ2) is 2.74. The van der Waals surface area contributed by atoms with Gasteiger partial charge >= 0.3 is 0 Å². The van der Waals surface area contributed by atoms with E-state index in [1.165, 1.54) is 21.2 Å². The summed E-state index contributed by atoms with van der Waals surface area (Å²) in [6.45, 7) is 4.44. The van der Waals surface area contributed by atoms with Crippen molar-refractivity contribution in [2.75, 3.05) is 0 Å². The Morgan fingerprint density at radius 3 is 2.75 bits per heavy atom. The first kappa shape index (κ1) is 8.06. The Kier molecular flexibility index (Phi) is 1.84. The fourth-order valence-electron chi connectivity index (χ4n) is 1.73. The molecule has 0 fully saturated rings. The molecule has 12 heavy (non-hydrogen) atoms. The highest BCUT2D eigenvalue weighted by Gasteiger charge is 2.19. The summed E-state index contributed by atoms with van der Waals surface area (Å²) in [5.74, 6) is 0.579. The van der Waals surface area contributed by atoms with Gasteiger partial charge in [0.25, 0.3) is 0 Å². The van der Waals surface area contributed by atoms with Gasteiger partial charge in [-0.25, -0.2) is 0 Å². The molecule has 1 unspecified atom stereocenters. The highest BCUT2D eigenvalue weighted by Crippen LogP contribution is 2.39. The van der Waals surface area contributed by atoms with Gasteiger partial charge in [0.1, 0.15) is 0 Å². The van der Waals surface area contributed by atoms with Crippen LogP contribution in [0.3, 0.4) is 0 Å².